The first kappa shape index (κ1) is 13.7. The van der Waals surface area contributed by atoms with Gasteiger partial charge in [0.1, 0.15) is 5.76 Å². The summed E-state index contributed by atoms with van der Waals surface area (Å²) >= 11 is 0. The molecule has 1 amide bonds. The first-order valence-electron chi connectivity index (χ1n) is 7.00. The molecule has 0 N–H and O–H groups in total. The zero-order valence-corrected chi connectivity index (χ0v) is 12.6. The van der Waals surface area contributed by atoms with E-state index in [1.165, 1.54) is 0 Å². The zero-order chi connectivity index (χ0) is 14.5. The van der Waals surface area contributed by atoms with Crippen LogP contribution in [-0.2, 0) is 9.84 Å². The number of carbonyl (C=O) groups excluding carboxylic acids is 1. The largest absolute Gasteiger partial charge is 0.456 e. The van der Waals surface area contributed by atoms with Gasteiger partial charge in [-0.15, -0.1) is 0 Å². The highest BCUT2D eigenvalue weighted by molar-refractivity contribution is 7.92. The lowest BCUT2D eigenvalue weighted by molar-refractivity contribution is 0.0653. The highest BCUT2D eigenvalue weighted by Crippen LogP contribution is 2.34. The van der Waals surface area contributed by atoms with Gasteiger partial charge in [0.25, 0.3) is 5.91 Å². The molecule has 0 bridgehead atoms. The van der Waals surface area contributed by atoms with Crippen molar-refractivity contribution in [3.05, 3.63) is 23.2 Å². The molecular formula is C14H19NO4S. The number of hydrogen-bond acceptors (Lipinski definition) is 4. The van der Waals surface area contributed by atoms with Crippen molar-refractivity contribution >= 4 is 15.7 Å². The maximum absolute atomic E-state index is 12.6. The number of hydrogen-bond donors (Lipinski definition) is 0. The van der Waals surface area contributed by atoms with E-state index in [0.717, 1.165) is 24.2 Å². The van der Waals surface area contributed by atoms with Gasteiger partial charge in [-0.2, -0.15) is 0 Å². The molecule has 1 aliphatic carbocycles. The van der Waals surface area contributed by atoms with E-state index >= 15 is 0 Å². The molecule has 1 aliphatic heterocycles. The lowest BCUT2D eigenvalue weighted by Gasteiger charge is -2.36. The van der Waals surface area contributed by atoms with Crippen LogP contribution in [-0.4, -0.2) is 42.8 Å². The zero-order valence-electron chi connectivity index (χ0n) is 11.8. The first-order chi connectivity index (χ1) is 9.40. The number of fused-ring (bicyclic) bond motifs is 1. The Balaban J connectivity index is 1.89. The molecule has 5 nitrogen and oxygen atoms in total. The summed E-state index contributed by atoms with van der Waals surface area (Å²) < 4.78 is 29.6. The Kier molecular flexibility index (Phi) is 3.16. The summed E-state index contributed by atoms with van der Waals surface area (Å²) in [5, 5.41) is -0.377. The van der Waals surface area contributed by atoms with Gasteiger partial charge >= 0.3 is 0 Å². The summed E-state index contributed by atoms with van der Waals surface area (Å²) in [5.74, 6) is 0.956. The Morgan fingerprint density at radius 3 is 2.75 bits per heavy atom. The normalized spacial score (nSPS) is 28.4. The third kappa shape index (κ3) is 2.06. The van der Waals surface area contributed by atoms with Crippen LogP contribution in [0.2, 0.25) is 0 Å². The third-order valence-electron chi connectivity index (χ3n) is 4.53. The predicted octanol–water partition coefficient (Wildman–Crippen LogP) is 1.69. The minimum absolute atomic E-state index is 0.0680. The molecule has 2 unspecified atom stereocenters. The fraction of sp³-hybridized carbons (Fsp3) is 0.643. The third-order valence-corrected chi connectivity index (χ3v) is 6.76. The van der Waals surface area contributed by atoms with E-state index in [2.05, 4.69) is 0 Å². The summed E-state index contributed by atoms with van der Waals surface area (Å²) in [6.07, 6.45) is 2.32. The van der Waals surface area contributed by atoms with Crippen molar-refractivity contribution in [1.29, 1.82) is 0 Å². The number of rotatable bonds is 1. The summed E-state index contributed by atoms with van der Waals surface area (Å²) in [4.78, 5) is 14.3. The Hall–Kier alpha value is -1.30. The average Bonchev–Trinajstić information content (AvgIpc) is 2.98. The molecule has 20 heavy (non-hydrogen) atoms. The van der Waals surface area contributed by atoms with Crippen LogP contribution in [0.15, 0.2) is 10.5 Å². The number of nitrogens with zero attached hydrogens (tertiary/aromatic N) is 1. The van der Waals surface area contributed by atoms with Crippen molar-refractivity contribution in [2.75, 3.05) is 12.3 Å². The molecule has 0 spiro atoms. The molecule has 2 aliphatic rings. The fourth-order valence-corrected chi connectivity index (χ4v) is 5.34. The highest BCUT2D eigenvalue weighted by Gasteiger charge is 2.46. The Bertz CT molecular complexity index is 627. The van der Waals surface area contributed by atoms with Gasteiger partial charge in [-0.05, 0) is 44.7 Å². The first-order valence-corrected chi connectivity index (χ1v) is 8.71. The lowest BCUT2D eigenvalue weighted by atomic mass is 10.2. The van der Waals surface area contributed by atoms with Crippen molar-refractivity contribution in [3.8, 4) is 0 Å². The second-order valence-corrected chi connectivity index (χ2v) is 8.09. The smallest absolute Gasteiger partial charge is 0.289 e. The number of carbonyl (C=O) groups is 1. The second-order valence-electron chi connectivity index (χ2n) is 5.75. The maximum atomic E-state index is 12.6. The molecule has 2 heterocycles. The van der Waals surface area contributed by atoms with Gasteiger partial charge in [-0.1, -0.05) is 0 Å². The molecule has 1 aromatic rings. The molecule has 0 aromatic carbocycles. The van der Waals surface area contributed by atoms with Crippen LogP contribution >= 0.6 is 0 Å². The van der Waals surface area contributed by atoms with Crippen LogP contribution in [0, 0.1) is 13.8 Å². The quantitative estimate of drug-likeness (QED) is 0.791. The SMILES string of the molecule is Cc1cc(C(=O)N2CCS(=O)(=O)C3CCCC32)oc1C. The summed E-state index contributed by atoms with van der Waals surface area (Å²) in [6.45, 7) is 4.00. The second kappa shape index (κ2) is 4.62. The van der Waals surface area contributed by atoms with E-state index in [0.29, 0.717) is 12.2 Å². The van der Waals surface area contributed by atoms with Crippen LogP contribution in [0.25, 0.3) is 0 Å². The fourth-order valence-electron chi connectivity index (χ4n) is 3.30. The molecule has 1 saturated carbocycles. The Labute approximate surface area is 118 Å². The number of sulfone groups is 1. The van der Waals surface area contributed by atoms with Gasteiger partial charge in [0.15, 0.2) is 15.6 Å². The van der Waals surface area contributed by atoms with Crippen LogP contribution in [0.4, 0.5) is 0 Å². The van der Waals surface area contributed by atoms with Crippen molar-refractivity contribution in [3.63, 3.8) is 0 Å². The molecule has 2 fully saturated rings. The number of aryl methyl sites for hydroxylation is 2. The van der Waals surface area contributed by atoms with Gasteiger partial charge in [0, 0.05) is 12.6 Å². The van der Waals surface area contributed by atoms with Gasteiger partial charge in [-0.3, -0.25) is 4.79 Å². The van der Waals surface area contributed by atoms with Crippen LogP contribution in [0.1, 0.15) is 41.1 Å². The minimum Gasteiger partial charge on any atom is -0.456 e. The van der Waals surface area contributed by atoms with E-state index in [1.807, 2.05) is 13.8 Å². The van der Waals surface area contributed by atoms with E-state index in [4.69, 9.17) is 4.42 Å². The van der Waals surface area contributed by atoms with Gasteiger partial charge in [-0.25, -0.2) is 8.42 Å². The van der Waals surface area contributed by atoms with Gasteiger partial charge < -0.3 is 9.32 Å². The Morgan fingerprint density at radius 2 is 2.10 bits per heavy atom. The van der Waals surface area contributed by atoms with E-state index in [-0.39, 0.29) is 29.5 Å². The van der Waals surface area contributed by atoms with E-state index in [9.17, 15) is 13.2 Å². The number of furan rings is 1. The van der Waals surface area contributed by atoms with E-state index < -0.39 is 9.84 Å². The van der Waals surface area contributed by atoms with Crippen molar-refractivity contribution in [2.24, 2.45) is 0 Å². The standard InChI is InChI=1S/C14H19NO4S/c1-9-8-12(19-10(9)2)14(16)15-6-7-20(17,18)13-5-3-4-11(13)15/h8,11,13H,3-7H2,1-2H3. The maximum Gasteiger partial charge on any atom is 0.289 e. The van der Waals surface area contributed by atoms with Crippen molar-refractivity contribution in [2.45, 2.75) is 44.4 Å². The molecule has 110 valence electrons. The summed E-state index contributed by atoms with van der Waals surface area (Å²) in [6, 6.07) is 1.57. The molecule has 6 heteroatoms. The highest BCUT2D eigenvalue weighted by atomic mass is 32.2. The average molecular weight is 297 g/mol. The minimum atomic E-state index is -3.04. The van der Waals surface area contributed by atoms with Crippen LogP contribution in [0.5, 0.6) is 0 Å². The van der Waals surface area contributed by atoms with Crippen LogP contribution < -0.4 is 0 Å². The van der Waals surface area contributed by atoms with Gasteiger partial charge in [0.2, 0.25) is 0 Å². The molecule has 3 rings (SSSR count). The monoisotopic (exact) mass is 297 g/mol. The lowest BCUT2D eigenvalue weighted by Crippen LogP contribution is -2.54. The van der Waals surface area contributed by atoms with Crippen molar-refractivity contribution in [1.82, 2.24) is 4.90 Å². The van der Waals surface area contributed by atoms with Gasteiger partial charge in [0.05, 0.1) is 11.0 Å². The summed E-state index contributed by atoms with van der Waals surface area (Å²) in [7, 11) is -3.04. The molecule has 1 saturated heterocycles. The topological polar surface area (TPSA) is 67.6 Å². The molecular weight excluding hydrogens is 278 g/mol. The predicted molar refractivity (Wildman–Crippen MR) is 74.4 cm³/mol. The number of amides is 1. The molecule has 0 radical (unpaired) electrons. The van der Waals surface area contributed by atoms with Crippen LogP contribution in [0.3, 0.4) is 0 Å². The van der Waals surface area contributed by atoms with E-state index in [1.54, 1.807) is 11.0 Å². The van der Waals surface area contributed by atoms with Crippen molar-refractivity contribution < 1.29 is 17.6 Å². The molecule has 2 atom stereocenters. The Morgan fingerprint density at radius 1 is 1.35 bits per heavy atom. The molecule has 1 aromatic heterocycles. The summed E-state index contributed by atoms with van der Waals surface area (Å²) in [5.41, 5.74) is 0.945.